The van der Waals surface area contributed by atoms with Gasteiger partial charge in [-0.1, -0.05) is 17.7 Å². The van der Waals surface area contributed by atoms with E-state index in [1.807, 2.05) is 0 Å². The van der Waals surface area contributed by atoms with E-state index in [0.717, 1.165) is 12.8 Å². The fourth-order valence-corrected chi connectivity index (χ4v) is 2.16. The van der Waals surface area contributed by atoms with Crippen molar-refractivity contribution in [2.45, 2.75) is 18.9 Å². The standard InChI is InChI=1S/C11H13BrClNO/c1-2-3-4-10(14)8-5-7(13)6-9(12)11(8)15/h2,5-6,10,15H,1,3-4,14H2/t10-/m0/s1. The number of hydrogen-bond donors (Lipinski definition) is 2. The summed E-state index contributed by atoms with van der Waals surface area (Å²) in [6.07, 6.45) is 3.35. The highest BCUT2D eigenvalue weighted by Gasteiger charge is 2.13. The third-order valence-corrected chi connectivity index (χ3v) is 2.96. The summed E-state index contributed by atoms with van der Waals surface area (Å²) in [5.74, 6) is 0.163. The molecule has 0 unspecified atom stereocenters. The maximum atomic E-state index is 9.78. The predicted molar refractivity (Wildman–Crippen MR) is 67.2 cm³/mol. The molecule has 1 aromatic rings. The number of nitrogens with two attached hydrogens (primary N) is 1. The van der Waals surface area contributed by atoms with Crippen LogP contribution in [0.15, 0.2) is 29.3 Å². The maximum Gasteiger partial charge on any atom is 0.134 e. The Morgan fingerprint density at radius 1 is 1.60 bits per heavy atom. The van der Waals surface area contributed by atoms with Gasteiger partial charge in [-0.15, -0.1) is 6.58 Å². The molecule has 82 valence electrons. The summed E-state index contributed by atoms with van der Waals surface area (Å²) in [5, 5.41) is 10.3. The van der Waals surface area contributed by atoms with Crippen molar-refractivity contribution in [2.24, 2.45) is 5.73 Å². The molecule has 0 bridgehead atoms. The molecule has 0 fully saturated rings. The number of halogens is 2. The molecule has 0 aliphatic rings. The van der Waals surface area contributed by atoms with Crippen LogP contribution in [0, 0.1) is 0 Å². The molecule has 0 aliphatic carbocycles. The highest BCUT2D eigenvalue weighted by molar-refractivity contribution is 9.10. The Balaban J connectivity index is 2.96. The lowest BCUT2D eigenvalue weighted by Gasteiger charge is -2.14. The first kappa shape index (κ1) is 12.6. The van der Waals surface area contributed by atoms with Crippen molar-refractivity contribution >= 4 is 27.5 Å². The Morgan fingerprint density at radius 3 is 2.87 bits per heavy atom. The zero-order chi connectivity index (χ0) is 11.4. The molecule has 3 N–H and O–H groups in total. The number of phenols is 1. The molecule has 0 heterocycles. The van der Waals surface area contributed by atoms with Gasteiger partial charge in [-0.3, -0.25) is 0 Å². The van der Waals surface area contributed by atoms with Gasteiger partial charge in [0.25, 0.3) is 0 Å². The number of benzene rings is 1. The average Bonchev–Trinajstić information content (AvgIpc) is 2.19. The van der Waals surface area contributed by atoms with E-state index in [1.165, 1.54) is 0 Å². The van der Waals surface area contributed by atoms with Gasteiger partial charge in [-0.25, -0.2) is 0 Å². The first-order chi connectivity index (χ1) is 7.06. The van der Waals surface area contributed by atoms with Crippen LogP contribution in [-0.2, 0) is 0 Å². The predicted octanol–water partition coefficient (Wildman–Crippen LogP) is 3.77. The molecule has 1 aromatic carbocycles. The van der Waals surface area contributed by atoms with Crippen LogP contribution in [0.4, 0.5) is 0 Å². The van der Waals surface area contributed by atoms with Gasteiger partial charge in [-0.2, -0.15) is 0 Å². The van der Waals surface area contributed by atoms with Gasteiger partial charge >= 0.3 is 0 Å². The van der Waals surface area contributed by atoms with E-state index in [2.05, 4.69) is 22.5 Å². The topological polar surface area (TPSA) is 46.2 Å². The van der Waals surface area contributed by atoms with Crippen molar-refractivity contribution in [3.05, 3.63) is 39.8 Å². The van der Waals surface area contributed by atoms with Gasteiger partial charge in [0.2, 0.25) is 0 Å². The smallest absolute Gasteiger partial charge is 0.134 e. The molecular weight excluding hydrogens is 277 g/mol. The lowest BCUT2D eigenvalue weighted by Crippen LogP contribution is -2.10. The van der Waals surface area contributed by atoms with Crippen LogP contribution in [0.25, 0.3) is 0 Å². The lowest BCUT2D eigenvalue weighted by molar-refractivity contribution is 0.455. The Morgan fingerprint density at radius 2 is 2.27 bits per heavy atom. The largest absolute Gasteiger partial charge is 0.506 e. The SMILES string of the molecule is C=CCC[C@H](N)c1cc(Cl)cc(Br)c1O. The third-order valence-electron chi connectivity index (χ3n) is 2.14. The van der Waals surface area contributed by atoms with Crippen molar-refractivity contribution in [3.8, 4) is 5.75 Å². The van der Waals surface area contributed by atoms with Gasteiger partial charge in [0.15, 0.2) is 0 Å². The van der Waals surface area contributed by atoms with Crippen molar-refractivity contribution < 1.29 is 5.11 Å². The maximum absolute atomic E-state index is 9.78. The molecule has 2 nitrogen and oxygen atoms in total. The summed E-state index contributed by atoms with van der Waals surface area (Å²) >= 11 is 9.11. The quantitative estimate of drug-likeness (QED) is 0.829. The minimum Gasteiger partial charge on any atom is -0.506 e. The Labute approximate surface area is 103 Å². The van der Waals surface area contributed by atoms with Crippen LogP contribution in [-0.4, -0.2) is 5.11 Å². The summed E-state index contributed by atoms with van der Waals surface area (Å²) in [5.41, 5.74) is 6.60. The fourth-order valence-electron chi connectivity index (χ4n) is 1.32. The molecule has 1 atom stereocenters. The summed E-state index contributed by atoms with van der Waals surface area (Å²) in [6, 6.07) is 3.11. The third kappa shape index (κ3) is 3.23. The fraction of sp³-hybridized carbons (Fsp3) is 0.273. The van der Waals surface area contributed by atoms with Crippen molar-refractivity contribution in [1.29, 1.82) is 0 Å². The first-order valence-corrected chi connectivity index (χ1v) is 5.77. The number of aromatic hydroxyl groups is 1. The van der Waals surface area contributed by atoms with Crippen LogP contribution in [0.5, 0.6) is 5.75 Å². The molecular formula is C11H13BrClNO. The molecule has 0 radical (unpaired) electrons. The van der Waals surface area contributed by atoms with Crippen LogP contribution >= 0.6 is 27.5 Å². The minimum absolute atomic E-state index is 0.163. The molecule has 15 heavy (non-hydrogen) atoms. The molecule has 1 rings (SSSR count). The zero-order valence-electron chi connectivity index (χ0n) is 8.21. The van der Waals surface area contributed by atoms with Crippen LogP contribution in [0.2, 0.25) is 5.02 Å². The second-order valence-electron chi connectivity index (χ2n) is 3.30. The molecule has 0 aromatic heterocycles. The Bertz CT molecular complexity index is 368. The van der Waals surface area contributed by atoms with E-state index in [4.69, 9.17) is 17.3 Å². The summed E-state index contributed by atoms with van der Waals surface area (Å²) in [6.45, 7) is 3.63. The first-order valence-electron chi connectivity index (χ1n) is 4.60. The highest BCUT2D eigenvalue weighted by Crippen LogP contribution is 2.35. The van der Waals surface area contributed by atoms with Crippen LogP contribution in [0.3, 0.4) is 0 Å². The second kappa shape index (κ2) is 5.54. The average molecular weight is 291 g/mol. The highest BCUT2D eigenvalue weighted by atomic mass is 79.9. The molecule has 0 aliphatic heterocycles. The van der Waals surface area contributed by atoms with Gasteiger partial charge in [0.05, 0.1) is 4.47 Å². The molecule has 4 heteroatoms. The van der Waals surface area contributed by atoms with Gasteiger partial charge < -0.3 is 10.8 Å². The Hall–Kier alpha value is -0.510. The van der Waals surface area contributed by atoms with E-state index >= 15 is 0 Å². The van der Waals surface area contributed by atoms with E-state index in [0.29, 0.717) is 15.1 Å². The summed E-state index contributed by atoms with van der Waals surface area (Å²) in [4.78, 5) is 0. The van der Waals surface area contributed by atoms with Crippen molar-refractivity contribution in [1.82, 2.24) is 0 Å². The lowest BCUT2D eigenvalue weighted by atomic mass is 10.0. The number of phenolic OH excluding ortho intramolecular Hbond substituents is 1. The normalized spacial score (nSPS) is 12.5. The van der Waals surface area contributed by atoms with Gasteiger partial charge in [0, 0.05) is 16.6 Å². The van der Waals surface area contributed by atoms with Gasteiger partial charge in [0.1, 0.15) is 5.75 Å². The molecule has 0 saturated carbocycles. The van der Waals surface area contributed by atoms with Crippen LogP contribution < -0.4 is 5.73 Å². The number of allylic oxidation sites excluding steroid dienone is 1. The molecule has 0 spiro atoms. The van der Waals surface area contributed by atoms with E-state index in [9.17, 15) is 5.11 Å². The van der Waals surface area contributed by atoms with E-state index in [1.54, 1.807) is 18.2 Å². The van der Waals surface area contributed by atoms with E-state index in [-0.39, 0.29) is 11.8 Å². The number of hydrogen-bond acceptors (Lipinski definition) is 2. The van der Waals surface area contributed by atoms with E-state index < -0.39 is 0 Å². The zero-order valence-corrected chi connectivity index (χ0v) is 10.6. The molecule has 0 amide bonds. The minimum atomic E-state index is -0.224. The van der Waals surface area contributed by atoms with Crippen molar-refractivity contribution in [3.63, 3.8) is 0 Å². The summed E-state index contributed by atoms with van der Waals surface area (Å²) < 4.78 is 0.569. The summed E-state index contributed by atoms with van der Waals surface area (Å²) in [7, 11) is 0. The van der Waals surface area contributed by atoms with Crippen molar-refractivity contribution in [2.75, 3.05) is 0 Å². The van der Waals surface area contributed by atoms with Gasteiger partial charge in [-0.05, 0) is 40.9 Å². The van der Waals surface area contributed by atoms with Crippen LogP contribution in [0.1, 0.15) is 24.4 Å². The Kier molecular flexibility index (Phi) is 4.64. The number of rotatable bonds is 4. The molecule has 0 saturated heterocycles. The second-order valence-corrected chi connectivity index (χ2v) is 4.59. The monoisotopic (exact) mass is 289 g/mol.